The minimum Gasteiger partial charge on any atom is -0.473 e. The monoisotopic (exact) mass is 520 g/mol. The number of carbonyl (C=O) groups excluding carboxylic acids is 1. The lowest BCUT2D eigenvalue weighted by molar-refractivity contribution is -0.138. The summed E-state index contributed by atoms with van der Waals surface area (Å²) < 4.78 is 57.8. The number of aryl methyl sites for hydroxylation is 1. The highest BCUT2D eigenvalue weighted by Gasteiger charge is 2.32. The zero-order chi connectivity index (χ0) is 27.6. The van der Waals surface area contributed by atoms with Crippen molar-refractivity contribution < 1.29 is 27.1 Å². The molecule has 0 unspecified atom stereocenters. The Morgan fingerprint density at radius 1 is 1.24 bits per heavy atom. The number of hydrogen-bond acceptors (Lipinski definition) is 5. The van der Waals surface area contributed by atoms with Crippen molar-refractivity contribution in [3.05, 3.63) is 53.0 Å². The summed E-state index contributed by atoms with van der Waals surface area (Å²) in [6, 6.07) is 5.41. The molecule has 0 bridgehead atoms. The van der Waals surface area contributed by atoms with Gasteiger partial charge in [0.15, 0.2) is 5.82 Å². The minimum atomic E-state index is -4.71. The molecule has 0 aliphatic carbocycles. The molecule has 6 nitrogen and oxygen atoms in total. The van der Waals surface area contributed by atoms with E-state index in [0.717, 1.165) is 18.4 Å². The van der Waals surface area contributed by atoms with Crippen molar-refractivity contribution >= 4 is 17.8 Å². The summed E-state index contributed by atoms with van der Waals surface area (Å²) in [6.45, 7) is 7.63. The first-order valence-corrected chi connectivity index (χ1v) is 12.1. The highest BCUT2D eigenvalue weighted by Crippen LogP contribution is 2.31. The second kappa shape index (κ2) is 13.6. The van der Waals surface area contributed by atoms with Crippen LogP contribution in [-0.2, 0) is 12.6 Å². The average Bonchev–Trinajstić information content (AvgIpc) is 2.85. The zero-order valence-corrected chi connectivity index (χ0v) is 21.7. The number of aromatic nitrogens is 1. The topological polar surface area (TPSA) is 58.0 Å². The van der Waals surface area contributed by atoms with E-state index in [1.165, 1.54) is 6.21 Å². The number of halogens is 4. The van der Waals surface area contributed by atoms with Gasteiger partial charge in [-0.1, -0.05) is 38.2 Å². The van der Waals surface area contributed by atoms with E-state index in [2.05, 4.69) is 21.9 Å². The Balaban J connectivity index is 2.28. The SMILES string of the molecule is CCC#C/C=N\N(C)c1ccc(CCC)cc1C(=O)N(CC)[C@@H](C)COc1ncc(C(F)(F)F)cc1F. The number of nitrogens with zero attached hydrogens (tertiary/aromatic N) is 4. The summed E-state index contributed by atoms with van der Waals surface area (Å²) in [5.74, 6) is 3.65. The van der Waals surface area contributed by atoms with Gasteiger partial charge in [0.1, 0.15) is 6.61 Å². The summed E-state index contributed by atoms with van der Waals surface area (Å²) in [5, 5.41) is 5.87. The molecular formula is C27H32F4N4O2. The lowest BCUT2D eigenvalue weighted by atomic mass is 10.0. The number of likely N-dealkylation sites (N-methyl/N-ethyl adjacent to an activating group) is 1. The molecule has 2 aromatic rings. The minimum absolute atomic E-state index is 0.167. The molecular weight excluding hydrogens is 488 g/mol. The molecule has 1 atom stereocenters. The quantitative estimate of drug-likeness (QED) is 0.168. The van der Waals surface area contributed by atoms with Gasteiger partial charge >= 0.3 is 6.18 Å². The highest BCUT2D eigenvalue weighted by molar-refractivity contribution is 6.00. The van der Waals surface area contributed by atoms with Crippen molar-refractivity contribution in [2.45, 2.75) is 59.2 Å². The maximum absolute atomic E-state index is 14.1. The molecule has 0 aliphatic heterocycles. The molecule has 1 heterocycles. The number of hydrogen-bond donors (Lipinski definition) is 0. The maximum atomic E-state index is 14.1. The molecule has 0 saturated heterocycles. The third-order valence-corrected chi connectivity index (χ3v) is 5.48. The Bertz CT molecular complexity index is 1160. The number of alkyl halides is 3. The first-order chi connectivity index (χ1) is 17.5. The second-order valence-electron chi connectivity index (χ2n) is 8.30. The van der Waals surface area contributed by atoms with Crippen LogP contribution in [0, 0.1) is 17.7 Å². The van der Waals surface area contributed by atoms with Crippen LogP contribution in [0.1, 0.15) is 62.0 Å². The number of rotatable bonds is 10. The smallest absolute Gasteiger partial charge is 0.417 e. The summed E-state index contributed by atoms with van der Waals surface area (Å²) >= 11 is 0. The van der Waals surface area contributed by atoms with Crippen molar-refractivity contribution in [3.63, 3.8) is 0 Å². The van der Waals surface area contributed by atoms with E-state index in [4.69, 9.17) is 4.74 Å². The van der Waals surface area contributed by atoms with Crippen LogP contribution < -0.4 is 9.75 Å². The molecule has 1 aromatic heterocycles. The van der Waals surface area contributed by atoms with E-state index < -0.39 is 29.5 Å². The van der Waals surface area contributed by atoms with Crippen LogP contribution in [0.5, 0.6) is 5.88 Å². The van der Waals surface area contributed by atoms with Crippen LogP contribution in [0.25, 0.3) is 0 Å². The predicted octanol–water partition coefficient (Wildman–Crippen LogP) is 5.96. The van der Waals surface area contributed by atoms with Crippen LogP contribution in [0.2, 0.25) is 0 Å². The number of amides is 1. The van der Waals surface area contributed by atoms with Crippen molar-refractivity contribution in [2.75, 3.05) is 25.2 Å². The molecule has 0 spiro atoms. The lowest BCUT2D eigenvalue weighted by Crippen LogP contribution is -2.42. The molecule has 1 amide bonds. The molecule has 10 heteroatoms. The highest BCUT2D eigenvalue weighted by atomic mass is 19.4. The summed E-state index contributed by atoms with van der Waals surface area (Å²) in [6.07, 6.45) is -0.340. The Kier molecular flexibility index (Phi) is 10.9. The molecule has 0 aliphatic rings. The van der Waals surface area contributed by atoms with Gasteiger partial charge in [-0.15, -0.1) is 0 Å². The molecule has 2 rings (SSSR count). The first-order valence-electron chi connectivity index (χ1n) is 12.1. The van der Waals surface area contributed by atoms with Crippen LogP contribution in [-0.4, -0.2) is 48.2 Å². The summed E-state index contributed by atoms with van der Waals surface area (Å²) in [4.78, 5) is 18.7. The molecule has 0 N–H and O–H groups in total. The fraction of sp³-hybridized carbons (Fsp3) is 0.444. The summed E-state index contributed by atoms with van der Waals surface area (Å²) in [7, 11) is 1.72. The third kappa shape index (κ3) is 8.20. The largest absolute Gasteiger partial charge is 0.473 e. The predicted molar refractivity (Wildman–Crippen MR) is 136 cm³/mol. The normalized spacial score (nSPS) is 12.1. The molecule has 37 heavy (non-hydrogen) atoms. The third-order valence-electron chi connectivity index (χ3n) is 5.48. The number of benzene rings is 1. The Morgan fingerprint density at radius 2 is 1.97 bits per heavy atom. The molecule has 200 valence electrons. The summed E-state index contributed by atoms with van der Waals surface area (Å²) in [5.41, 5.74) is 0.805. The van der Waals surface area contributed by atoms with Crippen molar-refractivity contribution in [3.8, 4) is 17.7 Å². The van der Waals surface area contributed by atoms with E-state index in [1.54, 1.807) is 30.8 Å². The number of hydrazone groups is 1. The standard InChI is InChI=1S/C27H32F4N4O2/c1-6-9-10-14-33-34(5)24-13-12-20(11-7-2)15-22(24)26(36)35(8-3)19(4)18-37-25-23(28)16-21(17-32-25)27(29,30)31/h12-17,19H,6-8,11,18H2,1-5H3/b33-14-/t19-/m0/s1. The fourth-order valence-electron chi connectivity index (χ4n) is 3.59. The Hall–Kier alpha value is -3.61. The second-order valence-corrected chi connectivity index (χ2v) is 8.30. The van der Waals surface area contributed by atoms with Crippen LogP contribution in [0.4, 0.5) is 23.2 Å². The first kappa shape index (κ1) is 29.6. The number of anilines is 1. The lowest BCUT2D eigenvalue weighted by Gasteiger charge is -2.29. The number of ether oxygens (including phenoxy) is 1. The van der Waals surface area contributed by atoms with Crippen LogP contribution >= 0.6 is 0 Å². The van der Waals surface area contributed by atoms with Crippen molar-refractivity contribution in [1.82, 2.24) is 9.88 Å². The van der Waals surface area contributed by atoms with Gasteiger partial charge in [0.05, 0.1) is 29.1 Å². The van der Waals surface area contributed by atoms with E-state index in [-0.39, 0.29) is 12.5 Å². The van der Waals surface area contributed by atoms with Gasteiger partial charge in [0, 0.05) is 26.2 Å². The molecule has 1 aromatic carbocycles. The van der Waals surface area contributed by atoms with Gasteiger partial charge in [-0.3, -0.25) is 9.80 Å². The van der Waals surface area contributed by atoms with Gasteiger partial charge in [0.2, 0.25) is 5.88 Å². The van der Waals surface area contributed by atoms with Gasteiger partial charge in [-0.2, -0.15) is 18.3 Å². The van der Waals surface area contributed by atoms with E-state index in [1.807, 2.05) is 32.0 Å². The number of carbonyl (C=O) groups is 1. The van der Waals surface area contributed by atoms with Crippen molar-refractivity contribution in [1.29, 1.82) is 0 Å². The van der Waals surface area contributed by atoms with Crippen LogP contribution in [0.15, 0.2) is 35.6 Å². The Morgan fingerprint density at radius 3 is 2.57 bits per heavy atom. The van der Waals surface area contributed by atoms with Gasteiger partial charge in [-0.25, -0.2) is 9.37 Å². The number of pyridine rings is 1. The van der Waals surface area contributed by atoms with Gasteiger partial charge in [-0.05, 0) is 44.0 Å². The molecule has 0 radical (unpaired) electrons. The van der Waals surface area contributed by atoms with E-state index in [0.29, 0.717) is 36.5 Å². The van der Waals surface area contributed by atoms with E-state index >= 15 is 0 Å². The molecule has 0 saturated carbocycles. The van der Waals surface area contributed by atoms with Gasteiger partial charge in [0.25, 0.3) is 5.91 Å². The fourth-order valence-corrected chi connectivity index (χ4v) is 3.59. The zero-order valence-electron chi connectivity index (χ0n) is 21.7. The van der Waals surface area contributed by atoms with Gasteiger partial charge < -0.3 is 9.64 Å². The van der Waals surface area contributed by atoms with Crippen molar-refractivity contribution in [2.24, 2.45) is 5.10 Å². The van der Waals surface area contributed by atoms with E-state index in [9.17, 15) is 22.4 Å². The molecule has 0 fully saturated rings. The maximum Gasteiger partial charge on any atom is 0.417 e. The average molecular weight is 521 g/mol. The Labute approximate surface area is 215 Å². The van der Waals surface area contributed by atoms with Crippen LogP contribution in [0.3, 0.4) is 0 Å².